The van der Waals surface area contributed by atoms with Crippen molar-refractivity contribution in [3.63, 3.8) is 0 Å². The fraction of sp³-hybridized carbons (Fsp3) is 1.00. The first-order valence-electron chi connectivity index (χ1n) is 7.49. The van der Waals surface area contributed by atoms with E-state index in [0.717, 1.165) is 17.8 Å². The molecular weight excluding hydrogens is 192 g/mol. The SMILES string of the molecule is CC.CCC(C)C.CCCC(CC)C(C)C. The van der Waals surface area contributed by atoms with E-state index in [1.807, 2.05) is 13.8 Å². The smallest absolute Gasteiger partial charge is 0.0394 e. The van der Waals surface area contributed by atoms with Gasteiger partial charge >= 0.3 is 0 Å². The van der Waals surface area contributed by atoms with Crippen LogP contribution in [0.5, 0.6) is 0 Å². The van der Waals surface area contributed by atoms with Crippen molar-refractivity contribution in [2.24, 2.45) is 17.8 Å². The van der Waals surface area contributed by atoms with Crippen molar-refractivity contribution in [1.82, 2.24) is 0 Å². The van der Waals surface area contributed by atoms with Gasteiger partial charge in [0, 0.05) is 0 Å². The molecule has 0 aromatic heterocycles. The van der Waals surface area contributed by atoms with Gasteiger partial charge in [0.1, 0.15) is 0 Å². The summed E-state index contributed by atoms with van der Waals surface area (Å²) in [5.74, 6) is 2.74. The van der Waals surface area contributed by atoms with Crippen LogP contribution in [0.25, 0.3) is 0 Å². The first-order valence-corrected chi connectivity index (χ1v) is 7.49. The number of hydrogen-bond donors (Lipinski definition) is 0. The van der Waals surface area contributed by atoms with Crippen molar-refractivity contribution in [2.45, 2.75) is 88.0 Å². The fourth-order valence-corrected chi connectivity index (χ4v) is 1.38. The van der Waals surface area contributed by atoms with E-state index in [9.17, 15) is 0 Å². The predicted molar refractivity (Wildman–Crippen MR) is 80.0 cm³/mol. The molecular formula is C16H38. The molecule has 0 radical (unpaired) electrons. The van der Waals surface area contributed by atoms with E-state index in [4.69, 9.17) is 0 Å². The highest BCUT2D eigenvalue weighted by Gasteiger charge is 2.08. The summed E-state index contributed by atoms with van der Waals surface area (Å²) in [5, 5.41) is 0. The molecule has 1 unspecified atom stereocenters. The average Bonchev–Trinajstić information content (AvgIpc) is 2.28. The van der Waals surface area contributed by atoms with E-state index in [-0.39, 0.29) is 0 Å². The van der Waals surface area contributed by atoms with Crippen molar-refractivity contribution < 1.29 is 0 Å². The van der Waals surface area contributed by atoms with E-state index < -0.39 is 0 Å². The Bertz CT molecular complexity index is 92.2. The molecule has 0 bridgehead atoms. The molecule has 0 nitrogen and oxygen atoms in total. The standard InChI is InChI=1S/C9H20.C5H12.C2H6/c1-5-7-9(6-2)8(3)4;1-4-5(2)3;1-2/h8-9H,5-7H2,1-4H3;5H,4H2,1-3H3;1-2H3. The lowest BCUT2D eigenvalue weighted by atomic mass is 9.89. The molecule has 0 heteroatoms. The number of hydrogen-bond acceptors (Lipinski definition) is 0. The summed E-state index contributed by atoms with van der Waals surface area (Å²) in [6.45, 7) is 19.9. The van der Waals surface area contributed by atoms with Gasteiger partial charge in [-0.15, -0.1) is 0 Å². The lowest BCUT2D eigenvalue weighted by Crippen LogP contribution is -2.06. The highest BCUT2D eigenvalue weighted by Crippen LogP contribution is 2.19. The topological polar surface area (TPSA) is 0 Å². The summed E-state index contributed by atoms with van der Waals surface area (Å²) in [5.41, 5.74) is 0. The van der Waals surface area contributed by atoms with Crippen LogP contribution < -0.4 is 0 Å². The number of rotatable bonds is 5. The second-order valence-corrected chi connectivity index (χ2v) is 5.00. The summed E-state index contributed by atoms with van der Waals surface area (Å²) < 4.78 is 0. The third-order valence-electron chi connectivity index (χ3n) is 2.94. The Morgan fingerprint density at radius 2 is 1.12 bits per heavy atom. The van der Waals surface area contributed by atoms with Crippen molar-refractivity contribution >= 4 is 0 Å². The van der Waals surface area contributed by atoms with E-state index in [1.54, 1.807) is 0 Å². The maximum atomic E-state index is 2.32. The minimum atomic E-state index is 0.884. The van der Waals surface area contributed by atoms with Gasteiger partial charge in [-0.05, 0) is 17.8 Å². The van der Waals surface area contributed by atoms with Crippen LogP contribution in [-0.2, 0) is 0 Å². The van der Waals surface area contributed by atoms with Crippen molar-refractivity contribution in [3.05, 3.63) is 0 Å². The van der Waals surface area contributed by atoms with Gasteiger partial charge in [-0.25, -0.2) is 0 Å². The minimum Gasteiger partial charge on any atom is -0.0683 e. The van der Waals surface area contributed by atoms with E-state index >= 15 is 0 Å². The second-order valence-electron chi connectivity index (χ2n) is 5.00. The lowest BCUT2D eigenvalue weighted by Gasteiger charge is -2.17. The molecule has 0 fully saturated rings. The van der Waals surface area contributed by atoms with Crippen LogP contribution in [0.1, 0.15) is 88.0 Å². The Labute approximate surface area is 106 Å². The van der Waals surface area contributed by atoms with Crippen LogP contribution in [0.3, 0.4) is 0 Å². The van der Waals surface area contributed by atoms with Gasteiger partial charge in [0.15, 0.2) is 0 Å². The highest BCUT2D eigenvalue weighted by atomic mass is 14.1. The molecule has 0 amide bonds. The molecule has 0 aromatic carbocycles. The monoisotopic (exact) mass is 230 g/mol. The van der Waals surface area contributed by atoms with Crippen LogP contribution in [0.2, 0.25) is 0 Å². The Kier molecular flexibility index (Phi) is 23.2. The summed E-state index contributed by atoms with van der Waals surface area (Å²) in [6, 6.07) is 0. The molecule has 0 saturated heterocycles. The van der Waals surface area contributed by atoms with Crippen molar-refractivity contribution in [2.75, 3.05) is 0 Å². The van der Waals surface area contributed by atoms with E-state index in [0.29, 0.717) is 0 Å². The molecule has 0 saturated carbocycles. The van der Waals surface area contributed by atoms with Gasteiger partial charge in [-0.2, -0.15) is 0 Å². The fourth-order valence-electron chi connectivity index (χ4n) is 1.38. The zero-order chi connectivity index (χ0) is 13.6. The van der Waals surface area contributed by atoms with Gasteiger partial charge in [-0.1, -0.05) is 88.0 Å². The van der Waals surface area contributed by atoms with Crippen LogP contribution in [0.4, 0.5) is 0 Å². The average molecular weight is 230 g/mol. The molecule has 0 aliphatic rings. The molecule has 0 rings (SSSR count). The van der Waals surface area contributed by atoms with Crippen molar-refractivity contribution in [1.29, 1.82) is 0 Å². The first-order chi connectivity index (χ1) is 7.49. The van der Waals surface area contributed by atoms with Crippen LogP contribution in [-0.4, -0.2) is 0 Å². The lowest BCUT2D eigenvalue weighted by molar-refractivity contribution is 0.346. The molecule has 1 atom stereocenters. The van der Waals surface area contributed by atoms with E-state index in [2.05, 4.69) is 48.5 Å². The van der Waals surface area contributed by atoms with Crippen LogP contribution in [0, 0.1) is 17.8 Å². The summed E-state index contributed by atoms with van der Waals surface area (Å²) in [4.78, 5) is 0. The highest BCUT2D eigenvalue weighted by molar-refractivity contribution is 4.59. The van der Waals surface area contributed by atoms with Gasteiger partial charge < -0.3 is 0 Å². The maximum absolute atomic E-state index is 2.32. The largest absolute Gasteiger partial charge is 0.0683 e. The Morgan fingerprint density at radius 3 is 1.19 bits per heavy atom. The van der Waals surface area contributed by atoms with Gasteiger partial charge in [0.25, 0.3) is 0 Å². The minimum absolute atomic E-state index is 0.884. The zero-order valence-electron chi connectivity index (χ0n) is 13.6. The Balaban J connectivity index is -0.000000205. The second kappa shape index (κ2) is 17.4. The third-order valence-corrected chi connectivity index (χ3v) is 2.94. The van der Waals surface area contributed by atoms with Crippen molar-refractivity contribution in [3.8, 4) is 0 Å². The maximum Gasteiger partial charge on any atom is -0.0394 e. The molecule has 16 heavy (non-hydrogen) atoms. The van der Waals surface area contributed by atoms with Gasteiger partial charge in [0.2, 0.25) is 0 Å². The van der Waals surface area contributed by atoms with Crippen LogP contribution in [0.15, 0.2) is 0 Å². The van der Waals surface area contributed by atoms with Gasteiger partial charge in [-0.3, -0.25) is 0 Å². The molecule has 0 N–H and O–H groups in total. The molecule has 0 aliphatic heterocycles. The van der Waals surface area contributed by atoms with Crippen LogP contribution >= 0.6 is 0 Å². The molecule has 0 aliphatic carbocycles. The zero-order valence-corrected chi connectivity index (χ0v) is 13.6. The first kappa shape index (κ1) is 21.3. The molecule has 0 aromatic rings. The Hall–Kier alpha value is 0. The van der Waals surface area contributed by atoms with E-state index in [1.165, 1.54) is 25.7 Å². The molecule has 102 valence electrons. The predicted octanol–water partition coefficient (Wildman–Crippen LogP) is 6.55. The van der Waals surface area contributed by atoms with Gasteiger partial charge in [0.05, 0.1) is 0 Å². The normalized spacial score (nSPS) is 11.4. The quantitative estimate of drug-likeness (QED) is 0.502. The summed E-state index contributed by atoms with van der Waals surface area (Å²) in [7, 11) is 0. The summed E-state index contributed by atoms with van der Waals surface area (Å²) >= 11 is 0. The Morgan fingerprint density at radius 1 is 0.750 bits per heavy atom. The summed E-state index contributed by atoms with van der Waals surface area (Å²) in [6.07, 6.45) is 5.41. The third kappa shape index (κ3) is 19.6. The molecule has 0 heterocycles. The molecule has 0 spiro atoms.